The maximum atomic E-state index is 13.6. The molecule has 0 radical (unpaired) electrons. The van der Waals surface area contributed by atoms with E-state index < -0.39 is 5.82 Å². The Labute approximate surface area is 116 Å². The monoisotopic (exact) mass is 279 g/mol. The van der Waals surface area contributed by atoms with Gasteiger partial charge in [0.25, 0.3) is 0 Å². The van der Waals surface area contributed by atoms with Crippen molar-refractivity contribution >= 4 is 0 Å². The number of methoxy groups -OCH3 is 1. The number of rotatable bonds is 5. The van der Waals surface area contributed by atoms with Gasteiger partial charge in [-0.3, -0.25) is 0 Å². The van der Waals surface area contributed by atoms with Crippen molar-refractivity contribution in [1.82, 2.24) is 10.1 Å². The third kappa shape index (κ3) is 3.14. The van der Waals surface area contributed by atoms with Gasteiger partial charge in [-0.05, 0) is 30.5 Å². The maximum absolute atomic E-state index is 13.6. The largest absolute Gasteiger partial charge is 0.494 e. The number of hydrogen-bond acceptors (Lipinski definition) is 5. The van der Waals surface area contributed by atoms with Gasteiger partial charge in [0.2, 0.25) is 11.7 Å². The van der Waals surface area contributed by atoms with Crippen LogP contribution in [0.1, 0.15) is 32.2 Å². The molecule has 0 bridgehead atoms. The predicted octanol–water partition coefficient (Wildman–Crippen LogP) is 2.93. The highest BCUT2D eigenvalue weighted by atomic mass is 19.1. The Kier molecular flexibility index (Phi) is 4.34. The third-order valence-electron chi connectivity index (χ3n) is 2.89. The molecule has 0 saturated heterocycles. The Morgan fingerprint density at radius 3 is 2.75 bits per heavy atom. The molecule has 0 amide bonds. The molecule has 0 unspecified atom stereocenters. The number of hydrogen-bond donors (Lipinski definition) is 1. The molecule has 2 rings (SSSR count). The van der Waals surface area contributed by atoms with Crippen molar-refractivity contribution < 1.29 is 13.7 Å². The molecule has 0 spiro atoms. The summed E-state index contributed by atoms with van der Waals surface area (Å²) < 4.78 is 23.6. The third-order valence-corrected chi connectivity index (χ3v) is 2.89. The van der Waals surface area contributed by atoms with Gasteiger partial charge < -0.3 is 15.0 Å². The molecule has 1 atom stereocenters. The van der Waals surface area contributed by atoms with Crippen molar-refractivity contribution in [3.63, 3.8) is 0 Å². The minimum Gasteiger partial charge on any atom is -0.494 e. The van der Waals surface area contributed by atoms with Crippen LogP contribution in [0.5, 0.6) is 5.75 Å². The van der Waals surface area contributed by atoms with E-state index in [0.717, 1.165) is 6.42 Å². The summed E-state index contributed by atoms with van der Waals surface area (Å²) in [7, 11) is 1.41. The Morgan fingerprint density at radius 2 is 2.15 bits per heavy atom. The van der Waals surface area contributed by atoms with Crippen LogP contribution in [0, 0.1) is 11.7 Å². The number of ether oxygens (including phenoxy) is 1. The Hall–Kier alpha value is -1.95. The second-order valence-corrected chi connectivity index (χ2v) is 5.04. The van der Waals surface area contributed by atoms with Crippen LogP contribution < -0.4 is 10.5 Å². The fourth-order valence-corrected chi connectivity index (χ4v) is 1.92. The highest BCUT2D eigenvalue weighted by Gasteiger charge is 2.17. The van der Waals surface area contributed by atoms with Crippen molar-refractivity contribution in [2.75, 3.05) is 7.11 Å². The van der Waals surface area contributed by atoms with Crippen molar-refractivity contribution in [3.8, 4) is 17.1 Å². The van der Waals surface area contributed by atoms with Crippen LogP contribution in [0.2, 0.25) is 0 Å². The minimum atomic E-state index is -0.470. The van der Waals surface area contributed by atoms with Crippen molar-refractivity contribution in [2.24, 2.45) is 11.7 Å². The highest BCUT2D eigenvalue weighted by Crippen LogP contribution is 2.25. The van der Waals surface area contributed by atoms with Crippen LogP contribution in [0.15, 0.2) is 22.7 Å². The molecule has 2 aromatic rings. The smallest absolute Gasteiger partial charge is 0.243 e. The summed E-state index contributed by atoms with van der Waals surface area (Å²) in [6.45, 7) is 4.13. The van der Waals surface area contributed by atoms with E-state index in [-0.39, 0.29) is 11.8 Å². The van der Waals surface area contributed by atoms with Gasteiger partial charge in [-0.25, -0.2) is 4.39 Å². The van der Waals surface area contributed by atoms with Crippen molar-refractivity contribution in [2.45, 2.75) is 26.3 Å². The van der Waals surface area contributed by atoms with E-state index in [1.165, 1.54) is 19.2 Å². The lowest BCUT2D eigenvalue weighted by Crippen LogP contribution is -2.13. The summed E-state index contributed by atoms with van der Waals surface area (Å²) >= 11 is 0. The Morgan fingerprint density at radius 1 is 1.40 bits per heavy atom. The number of nitrogens with two attached hydrogens (primary N) is 1. The quantitative estimate of drug-likeness (QED) is 0.910. The Bertz CT molecular complexity index is 584. The zero-order valence-corrected chi connectivity index (χ0v) is 11.8. The first kappa shape index (κ1) is 14.5. The molecular formula is C14H18FN3O2. The van der Waals surface area contributed by atoms with Crippen LogP contribution >= 0.6 is 0 Å². The lowest BCUT2D eigenvalue weighted by Gasteiger charge is -2.08. The number of benzene rings is 1. The van der Waals surface area contributed by atoms with Gasteiger partial charge in [0.1, 0.15) is 0 Å². The molecule has 1 aromatic carbocycles. The zero-order valence-electron chi connectivity index (χ0n) is 11.8. The number of nitrogens with zero attached hydrogens (tertiary/aromatic N) is 2. The van der Waals surface area contributed by atoms with Crippen molar-refractivity contribution in [1.29, 1.82) is 0 Å². The first-order valence-corrected chi connectivity index (χ1v) is 6.44. The van der Waals surface area contributed by atoms with E-state index in [4.69, 9.17) is 15.0 Å². The molecule has 0 aliphatic heterocycles. The standard InChI is InChI=1S/C14H18FN3O2/c1-8(2)6-11(16)14-17-13(18-20-14)9-4-5-12(19-3)10(15)7-9/h4-5,7-8,11H,6,16H2,1-3H3/t11-/m0/s1. The van der Waals surface area contributed by atoms with Crippen LogP contribution in [0.4, 0.5) is 4.39 Å². The van der Waals surface area contributed by atoms with Gasteiger partial charge in [0.15, 0.2) is 11.6 Å². The fraction of sp³-hybridized carbons (Fsp3) is 0.429. The van der Waals surface area contributed by atoms with Gasteiger partial charge in [-0.15, -0.1) is 0 Å². The first-order chi connectivity index (χ1) is 9.51. The molecule has 0 aliphatic rings. The molecular weight excluding hydrogens is 261 g/mol. The Balaban J connectivity index is 2.22. The second-order valence-electron chi connectivity index (χ2n) is 5.04. The van der Waals surface area contributed by atoms with E-state index in [1.54, 1.807) is 6.07 Å². The van der Waals surface area contributed by atoms with Gasteiger partial charge in [0.05, 0.1) is 13.2 Å². The summed E-state index contributed by atoms with van der Waals surface area (Å²) in [6, 6.07) is 4.19. The molecule has 0 saturated carbocycles. The first-order valence-electron chi connectivity index (χ1n) is 6.44. The number of halogens is 1. The van der Waals surface area contributed by atoms with Gasteiger partial charge in [-0.2, -0.15) is 4.98 Å². The molecule has 20 heavy (non-hydrogen) atoms. The average Bonchev–Trinajstić information content (AvgIpc) is 2.87. The second kappa shape index (κ2) is 6.00. The number of aromatic nitrogens is 2. The summed E-state index contributed by atoms with van der Waals surface area (Å²) in [4.78, 5) is 4.22. The normalized spacial score (nSPS) is 12.7. The lowest BCUT2D eigenvalue weighted by molar-refractivity contribution is 0.335. The van der Waals surface area contributed by atoms with Gasteiger partial charge in [0, 0.05) is 5.56 Å². The predicted molar refractivity (Wildman–Crippen MR) is 72.6 cm³/mol. The van der Waals surface area contributed by atoms with E-state index in [9.17, 15) is 4.39 Å². The summed E-state index contributed by atoms with van der Waals surface area (Å²) in [5.41, 5.74) is 6.50. The molecule has 2 N–H and O–H groups in total. The molecule has 0 fully saturated rings. The van der Waals surface area contributed by atoms with Crippen LogP contribution in [-0.2, 0) is 0 Å². The highest BCUT2D eigenvalue weighted by molar-refractivity contribution is 5.56. The summed E-state index contributed by atoms with van der Waals surface area (Å²) in [5.74, 6) is 0.821. The van der Waals surface area contributed by atoms with Gasteiger partial charge >= 0.3 is 0 Å². The molecule has 6 heteroatoms. The molecule has 108 valence electrons. The fourth-order valence-electron chi connectivity index (χ4n) is 1.92. The molecule has 1 aromatic heterocycles. The SMILES string of the molecule is COc1ccc(-c2noc([C@@H](N)CC(C)C)n2)cc1F. The van der Waals surface area contributed by atoms with Crippen LogP contribution in [0.3, 0.4) is 0 Å². The van der Waals surface area contributed by atoms with E-state index in [0.29, 0.717) is 23.2 Å². The lowest BCUT2D eigenvalue weighted by atomic mass is 10.0. The summed E-state index contributed by atoms with van der Waals surface area (Å²) in [6.07, 6.45) is 0.749. The maximum Gasteiger partial charge on any atom is 0.243 e. The summed E-state index contributed by atoms with van der Waals surface area (Å²) in [5, 5.41) is 3.84. The minimum absolute atomic E-state index is 0.175. The van der Waals surface area contributed by atoms with E-state index in [2.05, 4.69) is 24.0 Å². The van der Waals surface area contributed by atoms with Crippen LogP contribution in [0.25, 0.3) is 11.4 Å². The zero-order chi connectivity index (χ0) is 14.7. The average molecular weight is 279 g/mol. The molecule has 0 aliphatic carbocycles. The van der Waals surface area contributed by atoms with Crippen LogP contribution in [-0.4, -0.2) is 17.3 Å². The van der Waals surface area contributed by atoms with E-state index >= 15 is 0 Å². The van der Waals surface area contributed by atoms with E-state index in [1.807, 2.05) is 0 Å². The molecule has 5 nitrogen and oxygen atoms in total. The van der Waals surface area contributed by atoms with Crippen molar-refractivity contribution in [3.05, 3.63) is 29.9 Å². The van der Waals surface area contributed by atoms with Gasteiger partial charge in [-0.1, -0.05) is 19.0 Å². The molecule has 1 heterocycles. The topological polar surface area (TPSA) is 74.2 Å².